The fourth-order valence-corrected chi connectivity index (χ4v) is 9.50. The first-order chi connectivity index (χ1) is 27.9. The first-order valence-corrected chi connectivity index (χ1v) is 22.3. The zero-order valence-electron chi connectivity index (χ0n) is 34.2. The summed E-state index contributed by atoms with van der Waals surface area (Å²) >= 11 is 5.00. The molecule has 8 heterocycles. The number of fused-ring (bicyclic) bond motifs is 3. The number of nitrogens with zero attached hydrogens (tertiary/aromatic N) is 12. The largest absolute Gasteiger partial charge is 0.332 e. The van der Waals surface area contributed by atoms with E-state index in [4.69, 9.17) is 22.9 Å². The third kappa shape index (κ3) is 8.03. The molecule has 0 unspecified atom stereocenters. The molecule has 60 heavy (non-hydrogen) atoms. The van der Waals surface area contributed by atoms with Crippen LogP contribution in [0, 0.1) is 4.77 Å². The van der Waals surface area contributed by atoms with Crippen molar-refractivity contribution in [2.75, 3.05) is 26.2 Å². The van der Waals surface area contributed by atoms with Gasteiger partial charge in [0.15, 0.2) is 32.6 Å². The van der Waals surface area contributed by atoms with Crippen LogP contribution in [0.25, 0.3) is 33.5 Å². The molecule has 6 aromatic heterocycles. The molecular weight excluding hydrogens is 872 g/mol. The summed E-state index contributed by atoms with van der Waals surface area (Å²) in [6.45, 7) is 3.39. The molecule has 0 saturated carbocycles. The first kappa shape index (κ1) is 45.9. The van der Waals surface area contributed by atoms with Gasteiger partial charge in [0.05, 0.1) is 0 Å². The summed E-state index contributed by atoms with van der Waals surface area (Å²) in [5, 5.41) is 2.54. The molecule has 2 N–H and O–H groups in total. The van der Waals surface area contributed by atoms with Crippen LogP contribution >= 0.6 is 22.9 Å². The Morgan fingerprint density at radius 3 is 1.35 bits per heavy atom. The number of hydrogen-bond donors (Lipinski definition) is 2. The van der Waals surface area contributed by atoms with Gasteiger partial charge in [0, 0.05) is 87.2 Å². The summed E-state index contributed by atoms with van der Waals surface area (Å²) in [6, 6.07) is 0. The van der Waals surface area contributed by atoms with Gasteiger partial charge in [-0.3, -0.25) is 41.8 Å². The number of aromatic nitrogens is 12. The SMILES string of the molecule is C1CCNC1.Cn1c(=O)c2c([nH]c(=S)n2C)n(C)c1=O.Cn1c(=O)c2c(nc(S(=O)(=O)Cl)n2C)n(C)c1=O.Cn1c(=O)c2c(nc(S(=O)(=O)N3CCCC3)n2C)n(C)c1=O. The van der Waals surface area contributed by atoms with Crippen molar-refractivity contribution in [1.82, 2.24) is 65.7 Å². The first-order valence-electron chi connectivity index (χ1n) is 18.1. The number of halogens is 1. The van der Waals surface area contributed by atoms with E-state index >= 15 is 0 Å². The minimum Gasteiger partial charge on any atom is -0.317 e. The average molecular weight is 917 g/mol. The van der Waals surface area contributed by atoms with E-state index in [1.54, 1.807) is 18.7 Å². The highest BCUT2D eigenvalue weighted by molar-refractivity contribution is 8.13. The number of nitrogens with one attached hydrogen (secondary N) is 2. The Bertz CT molecular complexity index is 3340. The number of rotatable bonds is 3. The molecule has 0 bridgehead atoms. The van der Waals surface area contributed by atoms with Gasteiger partial charge in [0.25, 0.3) is 35.8 Å². The van der Waals surface area contributed by atoms with Crippen LogP contribution in [0.15, 0.2) is 39.1 Å². The Kier molecular flexibility index (Phi) is 13.0. The molecule has 0 aromatic carbocycles. The topological polar surface area (TPSA) is 272 Å². The molecular formula is C32H45ClN14O10S3. The zero-order valence-corrected chi connectivity index (χ0v) is 37.4. The van der Waals surface area contributed by atoms with E-state index in [0.717, 1.165) is 35.7 Å². The van der Waals surface area contributed by atoms with E-state index in [1.165, 1.54) is 93.3 Å². The minimum atomic E-state index is -4.09. The Morgan fingerprint density at radius 1 is 0.533 bits per heavy atom. The number of imidazole rings is 3. The minimum absolute atomic E-state index is 0.00109. The number of hydrogen-bond acceptors (Lipinski definition) is 14. The summed E-state index contributed by atoms with van der Waals surface area (Å²) < 4.78 is 60.1. The van der Waals surface area contributed by atoms with E-state index in [9.17, 15) is 45.6 Å². The van der Waals surface area contributed by atoms with Crippen molar-refractivity contribution >= 4 is 75.5 Å². The van der Waals surface area contributed by atoms with Crippen LogP contribution < -0.4 is 39.1 Å². The molecule has 28 heteroatoms. The normalized spacial score (nSPS) is 14.6. The van der Waals surface area contributed by atoms with Crippen molar-refractivity contribution in [3.63, 3.8) is 0 Å². The molecule has 2 saturated heterocycles. The standard InChI is InChI=1S/C12H17N5O4S.C8H9ClN4O4S.C8H10N4O2S.C4H9N/c1-14-8-9(15(2)12(19)16(3)10(8)18)13-11(14)22(20,21)17-6-4-5-7-17;1-11-4-5(10-7(11)18(9,16)17)12(2)8(15)13(3)6(4)14;1-10-4-5(9-7(10)15)11(2)8(14)12(3)6(4)13;1-2-4-5-3-1/h4-7H2,1-3H3;1-3H3;1-3H3,(H,9,15);5H,1-4H2. The van der Waals surface area contributed by atoms with E-state index < -0.39 is 46.7 Å². The van der Waals surface area contributed by atoms with Crippen molar-refractivity contribution in [3.05, 3.63) is 67.3 Å². The van der Waals surface area contributed by atoms with Crippen LogP contribution in [0.4, 0.5) is 0 Å². The summed E-state index contributed by atoms with van der Waals surface area (Å²) in [4.78, 5) is 81.8. The summed E-state index contributed by atoms with van der Waals surface area (Å²) in [6.07, 6.45) is 4.40. The Morgan fingerprint density at radius 2 is 0.933 bits per heavy atom. The van der Waals surface area contributed by atoms with Crippen LogP contribution in [-0.2, 0) is 82.5 Å². The molecule has 2 aliphatic heterocycles. The lowest BCUT2D eigenvalue weighted by atomic mass is 10.4. The van der Waals surface area contributed by atoms with Crippen LogP contribution in [0.2, 0.25) is 0 Å². The second kappa shape index (κ2) is 17.0. The smallest absolute Gasteiger partial charge is 0.317 e. The van der Waals surface area contributed by atoms with Crippen molar-refractivity contribution in [3.8, 4) is 0 Å². The molecule has 0 aliphatic carbocycles. The molecule has 0 spiro atoms. The lowest BCUT2D eigenvalue weighted by Gasteiger charge is -2.14. The lowest BCUT2D eigenvalue weighted by molar-refractivity contribution is 0.466. The zero-order chi connectivity index (χ0) is 44.9. The summed E-state index contributed by atoms with van der Waals surface area (Å²) in [5.74, 6) is 0. The van der Waals surface area contributed by atoms with Crippen LogP contribution in [0.1, 0.15) is 25.7 Å². The Hall–Kier alpha value is -5.22. The summed E-state index contributed by atoms with van der Waals surface area (Å²) in [5.41, 5.74) is -2.03. The van der Waals surface area contributed by atoms with Gasteiger partial charge in [-0.15, -0.1) is 0 Å². The highest BCUT2D eigenvalue weighted by Crippen LogP contribution is 2.22. The van der Waals surface area contributed by atoms with Crippen LogP contribution in [0.5, 0.6) is 0 Å². The van der Waals surface area contributed by atoms with Gasteiger partial charge in [-0.05, 0) is 51.0 Å². The molecule has 8 rings (SSSR count). The van der Waals surface area contributed by atoms with Gasteiger partial charge < -0.3 is 24.0 Å². The fraction of sp³-hybridized carbons (Fsp3) is 0.531. The molecule has 2 fully saturated rings. The van der Waals surface area contributed by atoms with Crippen LogP contribution in [0.3, 0.4) is 0 Å². The van der Waals surface area contributed by atoms with Gasteiger partial charge in [-0.2, -0.15) is 14.3 Å². The fourth-order valence-electron chi connectivity index (χ4n) is 6.67. The molecule has 6 aromatic rings. The van der Waals surface area contributed by atoms with Gasteiger partial charge >= 0.3 is 17.1 Å². The van der Waals surface area contributed by atoms with E-state index in [2.05, 4.69) is 20.3 Å². The van der Waals surface area contributed by atoms with E-state index in [1.807, 2.05) is 0 Å². The second-order valence-electron chi connectivity index (χ2n) is 14.1. The third-order valence-electron chi connectivity index (χ3n) is 10.2. The second-order valence-corrected chi connectivity index (χ2v) is 18.7. The lowest BCUT2D eigenvalue weighted by Crippen LogP contribution is -2.37. The molecule has 0 amide bonds. The van der Waals surface area contributed by atoms with Crippen molar-refractivity contribution < 1.29 is 16.8 Å². The quantitative estimate of drug-likeness (QED) is 0.139. The van der Waals surface area contributed by atoms with E-state index in [-0.39, 0.29) is 38.7 Å². The van der Waals surface area contributed by atoms with Gasteiger partial charge in [0.2, 0.25) is 10.3 Å². The van der Waals surface area contributed by atoms with Gasteiger partial charge in [-0.1, -0.05) is 0 Å². The molecule has 328 valence electrons. The van der Waals surface area contributed by atoms with Gasteiger partial charge in [-0.25, -0.2) is 31.2 Å². The number of aromatic amines is 1. The predicted molar refractivity (Wildman–Crippen MR) is 224 cm³/mol. The van der Waals surface area contributed by atoms with Crippen molar-refractivity contribution in [1.29, 1.82) is 0 Å². The number of aryl methyl sites for hydroxylation is 6. The molecule has 24 nitrogen and oxygen atoms in total. The highest BCUT2D eigenvalue weighted by Gasteiger charge is 2.33. The summed E-state index contributed by atoms with van der Waals surface area (Å²) in [7, 11) is 10.4. The number of sulfonamides is 1. The van der Waals surface area contributed by atoms with E-state index in [0.29, 0.717) is 29.0 Å². The monoisotopic (exact) mass is 916 g/mol. The van der Waals surface area contributed by atoms with Crippen molar-refractivity contribution in [2.45, 2.75) is 36.0 Å². The van der Waals surface area contributed by atoms with Gasteiger partial charge in [0.1, 0.15) is 5.65 Å². The maximum Gasteiger partial charge on any atom is 0.332 e. The predicted octanol–water partition coefficient (Wildman–Crippen LogP) is -2.34. The number of H-pyrrole nitrogens is 1. The van der Waals surface area contributed by atoms with Crippen LogP contribution in [-0.4, -0.2) is 103 Å². The molecule has 2 aliphatic rings. The maximum atomic E-state index is 12.7. The average Bonchev–Trinajstić information content (AvgIpc) is 4.06. The Labute approximate surface area is 349 Å². The molecule has 0 atom stereocenters. The third-order valence-corrected chi connectivity index (χ3v) is 13.6. The van der Waals surface area contributed by atoms with Crippen molar-refractivity contribution in [2.24, 2.45) is 63.4 Å². The Balaban J connectivity index is 0.000000163. The highest BCUT2D eigenvalue weighted by atomic mass is 35.7. The molecule has 0 radical (unpaired) electrons. The maximum absolute atomic E-state index is 12.7.